The summed E-state index contributed by atoms with van der Waals surface area (Å²) in [4.78, 5) is 12.4. The molecule has 0 heterocycles. The van der Waals surface area contributed by atoms with E-state index in [1.54, 1.807) is 0 Å². The molecule has 0 saturated heterocycles. The Morgan fingerprint density at radius 3 is 2.62 bits per heavy atom. The normalized spacial score (nSPS) is 12.0. The van der Waals surface area contributed by atoms with Crippen molar-refractivity contribution in [2.24, 2.45) is 0 Å². The van der Waals surface area contributed by atoms with Gasteiger partial charge in [-0.1, -0.05) is 55.3 Å². The number of hydrogen-bond donors (Lipinski definition) is 1. The molecule has 0 bridgehead atoms. The zero-order valence-corrected chi connectivity index (χ0v) is 12.5. The number of amides is 1. The lowest BCUT2D eigenvalue weighted by molar-refractivity contribution is -0.117. The third-order valence-corrected chi connectivity index (χ3v) is 3.52. The first-order valence-electron chi connectivity index (χ1n) is 6.92. The molecule has 0 aliphatic heterocycles. The maximum Gasteiger partial charge on any atom is 0.231 e. The lowest BCUT2D eigenvalue weighted by atomic mass is 9.93. The molecule has 1 N–H and O–H groups in total. The number of hydrogen-bond acceptors (Lipinski definition) is 1. The van der Waals surface area contributed by atoms with Gasteiger partial charge in [0.25, 0.3) is 0 Å². The predicted octanol–water partition coefficient (Wildman–Crippen LogP) is 5.00. The predicted molar refractivity (Wildman–Crippen MR) is 84.1 cm³/mol. The Kier molecular flexibility index (Phi) is 5.34. The number of benzene rings is 2. The molecule has 0 spiro atoms. The Hall–Kier alpha value is -1.87. The van der Waals surface area contributed by atoms with E-state index in [1.807, 2.05) is 37.3 Å². The van der Waals surface area contributed by atoms with Crippen molar-refractivity contribution in [2.75, 3.05) is 5.32 Å². The van der Waals surface area contributed by atoms with Gasteiger partial charge in [0.15, 0.2) is 0 Å². The lowest BCUT2D eigenvalue weighted by Gasteiger charge is -2.17. The average Bonchev–Trinajstić information content (AvgIpc) is 2.49. The van der Waals surface area contributed by atoms with Crippen LogP contribution in [0.4, 0.5) is 10.1 Å². The fourth-order valence-corrected chi connectivity index (χ4v) is 2.41. The number of carbonyl (C=O) groups is 1. The summed E-state index contributed by atoms with van der Waals surface area (Å²) in [6.45, 7) is 2.02. The van der Waals surface area contributed by atoms with Crippen molar-refractivity contribution in [2.45, 2.75) is 25.7 Å². The van der Waals surface area contributed by atoms with Crippen LogP contribution in [-0.4, -0.2) is 5.91 Å². The summed E-state index contributed by atoms with van der Waals surface area (Å²) in [5.74, 6) is -1.00. The van der Waals surface area contributed by atoms with Gasteiger partial charge in [0.1, 0.15) is 5.82 Å². The molecular formula is C17H17ClFNO. The molecule has 0 saturated carbocycles. The van der Waals surface area contributed by atoms with Crippen molar-refractivity contribution in [1.82, 2.24) is 0 Å². The van der Waals surface area contributed by atoms with Gasteiger partial charge in [-0.2, -0.15) is 0 Å². The van der Waals surface area contributed by atoms with Crippen LogP contribution in [0, 0.1) is 5.82 Å². The van der Waals surface area contributed by atoms with Gasteiger partial charge in [-0.3, -0.25) is 4.79 Å². The average molecular weight is 306 g/mol. The van der Waals surface area contributed by atoms with Crippen LogP contribution >= 0.6 is 11.6 Å². The molecule has 21 heavy (non-hydrogen) atoms. The first kappa shape index (κ1) is 15.5. The van der Waals surface area contributed by atoms with Crippen molar-refractivity contribution in [3.63, 3.8) is 0 Å². The molecule has 1 unspecified atom stereocenters. The Morgan fingerprint density at radius 2 is 1.95 bits per heavy atom. The Labute approximate surface area is 128 Å². The highest BCUT2D eigenvalue weighted by atomic mass is 35.5. The molecule has 2 aromatic rings. The summed E-state index contributed by atoms with van der Waals surface area (Å²) in [6, 6.07) is 13.6. The van der Waals surface area contributed by atoms with E-state index in [2.05, 4.69) is 5.32 Å². The fraction of sp³-hybridized carbons (Fsp3) is 0.235. The number of anilines is 1. The summed E-state index contributed by atoms with van der Waals surface area (Å²) >= 11 is 5.84. The second-order valence-electron chi connectivity index (χ2n) is 4.87. The first-order chi connectivity index (χ1) is 10.1. The highest BCUT2D eigenvalue weighted by Crippen LogP contribution is 2.25. The summed E-state index contributed by atoms with van der Waals surface area (Å²) in [5, 5.41) is 3.02. The van der Waals surface area contributed by atoms with E-state index in [0.717, 1.165) is 12.0 Å². The van der Waals surface area contributed by atoms with Crippen LogP contribution in [0.3, 0.4) is 0 Å². The van der Waals surface area contributed by atoms with Crippen molar-refractivity contribution >= 4 is 23.2 Å². The van der Waals surface area contributed by atoms with Crippen LogP contribution in [-0.2, 0) is 4.79 Å². The van der Waals surface area contributed by atoms with E-state index in [0.29, 0.717) is 11.4 Å². The number of halogens is 2. The van der Waals surface area contributed by atoms with E-state index >= 15 is 0 Å². The molecule has 2 rings (SSSR count). The van der Waals surface area contributed by atoms with E-state index in [4.69, 9.17) is 11.6 Å². The maximum absolute atomic E-state index is 13.7. The smallest absolute Gasteiger partial charge is 0.231 e. The highest BCUT2D eigenvalue weighted by molar-refractivity contribution is 6.30. The second-order valence-corrected chi connectivity index (χ2v) is 5.30. The molecule has 0 aliphatic rings. The summed E-state index contributed by atoms with van der Waals surface area (Å²) in [7, 11) is 0. The molecule has 110 valence electrons. The van der Waals surface area contributed by atoms with Crippen LogP contribution in [0.5, 0.6) is 0 Å². The van der Waals surface area contributed by atoms with Gasteiger partial charge in [-0.25, -0.2) is 4.39 Å². The minimum Gasteiger partial charge on any atom is -0.323 e. The molecule has 0 aliphatic carbocycles. The van der Waals surface area contributed by atoms with Crippen LogP contribution in [0.25, 0.3) is 0 Å². The number of nitrogens with one attached hydrogen (secondary N) is 1. The Bertz CT molecular complexity index is 615. The Balaban J connectivity index is 2.21. The standard InChI is InChI=1S/C17H17ClFNO/c1-2-6-14(12-7-4-3-5-8-12)17(21)20-16-11-13(18)9-10-15(16)19/h3-5,7-11,14H,2,6H2,1H3,(H,20,21). The van der Waals surface area contributed by atoms with Gasteiger partial charge in [0.2, 0.25) is 5.91 Å². The molecule has 1 amide bonds. The van der Waals surface area contributed by atoms with Gasteiger partial charge in [-0.15, -0.1) is 0 Å². The maximum atomic E-state index is 13.7. The van der Waals surface area contributed by atoms with Crippen molar-refractivity contribution in [3.8, 4) is 0 Å². The monoisotopic (exact) mass is 305 g/mol. The number of carbonyl (C=O) groups excluding carboxylic acids is 1. The fourth-order valence-electron chi connectivity index (χ4n) is 2.24. The zero-order valence-electron chi connectivity index (χ0n) is 11.8. The number of rotatable bonds is 5. The first-order valence-corrected chi connectivity index (χ1v) is 7.30. The van der Waals surface area contributed by atoms with E-state index < -0.39 is 5.82 Å². The third kappa shape index (κ3) is 4.05. The van der Waals surface area contributed by atoms with E-state index in [9.17, 15) is 9.18 Å². The minimum atomic E-state index is -0.490. The van der Waals surface area contributed by atoms with Gasteiger partial charge in [-0.05, 0) is 30.2 Å². The molecular weight excluding hydrogens is 289 g/mol. The van der Waals surface area contributed by atoms with Crippen LogP contribution in [0.15, 0.2) is 48.5 Å². The van der Waals surface area contributed by atoms with Crippen molar-refractivity contribution in [1.29, 1.82) is 0 Å². The summed E-state index contributed by atoms with van der Waals surface area (Å²) in [6.07, 6.45) is 1.57. The summed E-state index contributed by atoms with van der Waals surface area (Å²) < 4.78 is 13.7. The molecule has 1 atom stereocenters. The van der Waals surface area contributed by atoms with Gasteiger partial charge < -0.3 is 5.32 Å². The largest absolute Gasteiger partial charge is 0.323 e. The van der Waals surface area contributed by atoms with Gasteiger partial charge in [0, 0.05) is 5.02 Å². The molecule has 0 radical (unpaired) electrons. The third-order valence-electron chi connectivity index (χ3n) is 3.28. The molecule has 2 nitrogen and oxygen atoms in total. The van der Waals surface area contributed by atoms with Crippen molar-refractivity contribution < 1.29 is 9.18 Å². The quantitative estimate of drug-likeness (QED) is 0.827. The van der Waals surface area contributed by atoms with Crippen LogP contribution in [0.1, 0.15) is 31.2 Å². The lowest BCUT2D eigenvalue weighted by Crippen LogP contribution is -2.21. The van der Waals surface area contributed by atoms with Crippen molar-refractivity contribution in [3.05, 3.63) is 64.9 Å². The molecule has 4 heteroatoms. The summed E-state index contributed by atoms with van der Waals surface area (Å²) in [5.41, 5.74) is 1.05. The molecule has 0 fully saturated rings. The van der Waals surface area contributed by atoms with Crippen LogP contribution < -0.4 is 5.32 Å². The highest BCUT2D eigenvalue weighted by Gasteiger charge is 2.20. The van der Waals surface area contributed by atoms with Crippen LogP contribution in [0.2, 0.25) is 5.02 Å². The Morgan fingerprint density at radius 1 is 1.24 bits per heavy atom. The second kappa shape index (κ2) is 7.23. The molecule has 0 aromatic heterocycles. The van der Waals surface area contributed by atoms with Gasteiger partial charge >= 0.3 is 0 Å². The van der Waals surface area contributed by atoms with E-state index in [1.165, 1.54) is 18.2 Å². The zero-order chi connectivity index (χ0) is 15.2. The minimum absolute atomic E-state index is 0.115. The van der Waals surface area contributed by atoms with E-state index in [-0.39, 0.29) is 17.5 Å². The topological polar surface area (TPSA) is 29.1 Å². The molecule has 2 aromatic carbocycles. The van der Waals surface area contributed by atoms with Gasteiger partial charge in [0.05, 0.1) is 11.6 Å². The SMILES string of the molecule is CCCC(C(=O)Nc1cc(Cl)ccc1F)c1ccccc1.